The molecule has 5 rings (SSSR count). The van der Waals surface area contributed by atoms with E-state index in [0.717, 1.165) is 0 Å². The van der Waals surface area contributed by atoms with Gasteiger partial charge in [-0.25, -0.2) is 9.78 Å². The number of benzene rings is 2. The zero-order valence-electron chi connectivity index (χ0n) is 26.1. The van der Waals surface area contributed by atoms with E-state index in [-0.39, 0.29) is 49.1 Å². The average Bonchev–Trinajstić information content (AvgIpc) is 3.52. The number of hydrogen-bond donors (Lipinski definition) is 1. The minimum absolute atomic E-state index is 0.0183. The Morgan fingerprint density at radius 3 is 2.55 bits per heavy atom. The smallest absolute Gasteiger partial charge is 0.422 e. The Bertz CT molecular complexity index is 1700. The van der Waals surface area contributed by atoms with Crippen molar-refractivity contribution >= 4 is 34.7 Å². The van der Waals surface area contributed by atoms with Crippen LogP contribution in [0, 0.1) is 0 Å². The quantitative estimate of drug-likeness (QED) is 0.218. The third kappa shape index (κ3) is 8.54. The zero-order chi connectivity index (χ0) is 33.8. The van der Waals surface area contributed by atoms with Gasteiger partial charge < -0.3 is 29.3 Å². The number of carbonyl (C=O) groups is 2. The van der Waals surface area contributed by atoms with Crippen LogP contribution in [0.3, 0.4) is 0 Å². The van der Waals surface area contributed by atoms with Crippen molar-refractivity contribution in [2.75, 3.05) is 43.5 Å². The number of hydrogen-bond acceptors (Lipinski definition) is 10. The number of amides is 2. The highest BCUT2D eigenvalue weighted by Gasteiger charge is 2.42. The molecule has 248 valence electrons. The first kappa shape index (κ1) is 33.6. The first-order valence-electron chi connectivity index (χ1n) is 14.6. The molecule has 0 saturated carbocycles. The second kappa shape index (κ2) is 13.9. The van der Waals surface area contributed by atoms with Crippen molar-refractivity contribution in [3.05, 3.63) is 77.6 Å². The van der Waals surface area contributed by atoms with E-state index in [9.17, 15) is 9.59 Å². The molecule has 2 amide bonds. The maximum Gasteiger partial charge on any atom is 0.422 e. The minimum atomic E-state index is -4.89. The number of carbonyl (C=O) groups excluding carboxylic acids is 2. The lowest BCUT2D eigenvalue weighted by atomic mass is 10.1. The van der Waals surface area contributed by atoms with Gasteiger partial charge in [0.05, 0.1) is 43.0 Å². The molecule has 1 N–H and O–H groups in total. The van der Waals surface area contributed by atoms with Gasteiger partial charge in [0.1, 0.15) is 33.4 Å². The lowest BCUT2D eigenvalue weighted by Crippen LogP contribution is -2.49. The molecular formula is C32H33F3N6O5S. The Labute approximate surface area is 273 Å². The van der Waals surface area contributed by atoms with Crippen LogP contribution in [0.15, 0.2) is 66.3 Å². The van der Waals surface area contributed by atoms with Gasteiger partial charge in [-0.15, -0.1) is 11.3 Å². The summed E-state index contributed by atoms with van der Waals surface area (Å²) in [4.78, 5) is 33.2. The maximum absolute atomic E-state index is 15.0. The third-order valence-corrected chi connectivity index (χ3v) is 7.74. The molecule has 2 aromatic carbocycles. The fourth-order valence-corrected chi connectivity index (χ4v) is 5.63. The largest absolute Gasteiger partial charge is 0.457 e. The van der Waals surface area contributed by atoms with E-state index in [0.29, 0.717) is 10.6 Å². The molecule has 3 heterocycles. The minimum Gasteiger partial charge on any atom is -0.457 e. The van der Waals surface area contributed by atoms with Crippen molar-refractivity contribution in [1.29, 1.82) is 0 Å². The van der Waals surface area contributed by atoms with Gasteiger partial charge in [-0.1, -0.05) is 18.2 Å². The van der Waals surface area contributed by atoms with Gasteiger partial charge in [0.2, 0.25) is 0 Å². The number of likely N-dealkylation sites (N-methyl/N-ethyl adjacent to an activating group) is 1. The summed E-state index contributed by atoms with van der Waals surface area (Å²) in [6, 6.07) is 12.3. The van der Waals surface area contributed by atoms with Gasteiger partial charge >= 0.3 is 12.3 Å². The summed E-state index contributed by atoms with van der Waals surface area (Å²) in [6.45, 7) is 5.38. The van der Waals surface area contributed by atoms with Crippen LogP contribution < -0.4 is 15.0 Å². The van der Waals surface area contributed by atoms with E-state index in [2.05, 4.69) is 20.5 Å². The molecule has 2 aromatic heterocycles. The molecule has 47 heavy (non-hydrogen) atoms. The van der Waals surface area contributed by atoms with E-state index < -0.39 is 41.2 Å². The fraction of sp³-hybridized carbons (Fsp3) is 0.344. The number of nitrogens with one attached hydrogen (secondary N) is 1. The van der Waals surface area contributed by atoms with E-state index in [1.807, 2.05) is 0 Å². The summed E-state index contributed by atoms with van der Waals surface area (Å²) in [6.07, 6.45) is -3.16. The standard InChI is InChI=1S/C32H33F3N6O5S/c1-31(2,3)46-30(43)40(4)17-22-18-41(14-15-44-22)27-23(38-28(42)24-19-47-29(39-24)20-12-13-36-37-16-20)10-11-25(26(27)32(33,34)35)45-21-8-6-5-7-9-21/h5-13,16,19,22H,14-15,17-18H2,1-4H3,(H,38,42)/t22-/m1/s1. The number of halogens is 3. The Balaban J connectivity index is 1.49. The van der Waals surface area contributed by atoms with Crippen LogP contribution >= 0.6 is 11.3 Å². The predicted octanol–water partition coefficient (Wildman–Crippen LogP) is 6.74. The molecule has 0 unspecified atom stereocenters. The van der Waals surface area contributed by atoms with Crippen LogP contribution in [0.5, 0.6) is 11.5 Å². The number of thiazole rings is 1. The topological polar surface area (TPSA) is 119 Å². The Morgan fingerprint density at radius 1 is 1.11 bits per heavy atom. The molecule has 4 aromatic rings. The van der Waals surface area contributed by atoms with E-state index in [4.69, 9.17) is 14.2 Å². The molecule has 11 nitrogen and oxygen atoms in total. The number of para-hydroxylation sites is 1. The van der Waals surface area contributed by atoms with E-state index >= 15 is 13.2 Å². The summed E-state index contributed by atoms with van der Waals surface area (Å²) in [5.41, 5.74) is -1.52. The molecule has 1 aliphatic rings. The van der Waals surface area contributed by atoms with Crippen LogP contribution in [0.2, 0.25) is 0 Å². The number of nitrogens with zero attached hydrogens (tertiary/aromatic N) is 5. The van der Waals surface area contributed by atoms with Crippen molar-refractivity contribution in [2.45, 2.75) is 38.7 Å². The summed E-state index contributed by atoms with van der Waals surface area (Å²) in [5.74, 6) is -0.929. The van der Waals surface area contributed by atoms with E-state index in [1.54, 1.807) is 57.2 Å². The van der Waals surface area contributed by atoms with Crippen LogP contribution in [0.25, 0.3) is 10.6 Å². The van der Waals surface area contributed by atoms with Gasteiger partial charge in [0, 0.05) is 31.1 Å². The van der Waals surface area contributed by atoms with Crippen LogP contribution in [-0.4, -0.2) is 77.1 Å². The summed E-state index contributed by atoms with van der Waals surface area (Å²) < 4.78 is 62.1. The number of ether oxygens (including phenoxy) is 3. The number of alkyl halides is 3. The zero-order valence-corrected chi connectivity index (χ0v) is 26.9. The second-order valence-electron chi connectivity index (χ2n) is 11.7. The normalized spacial score (nSPS) is 15.2. The molecule has 0 spiro atoms. The van der Waals surface area contributed by atoms with Crippen molar-refractivity contribution in [3.8, 4) is 22.1 Å². The van der Waals surface area contributed by atoms with Gasteiger partial charge in [-0.05, 0) is 51.1 Å². The molecule has 1 fully saturated rings. The third-order valence-electron chi connectivity index (χ3n) is 6.85. The molecule has 15 heteroatoms. The monoisotopic (exact) mass is 670 g/mol. The fourth-order valence-electron chi connectivity index (χ4n) is 4.84. The molecule has 1 saturated heterocycles. The summed E-state index contributed by atoms with van der Waals surface area (Å²) in [5, 5.41) is 12.2. The summed E-state index contributed by atoms with van der Waals surface area (Å²) >= 11 is 1.19. The molecule has 1 aliphatic heterocycles. The van der Waals surface area contributed by atoms with Gasteiger partial charge in [-0.3, -0.25) is 4.79 Å². The Kier molecular flexibility index (Phi) is 9.96. The lowest BCUT2D eigenvalue weighted by molar-refractivity contribution is -0.138. The van der Waals surface area contributed by atoms with Crippen LogP contribution in [-0.2, 0) is 15.7 Å². The van der Waals surface area contributed by atoms with Crippen molar-refractivity contribution < 1.29 is 37.0 Å². The number of morpholine rings is 1. The van der Waals surface area contributed by atoms with Crippen LogP contribution in [0.4, 0.5) is 29.3 Å². The van der Waals surface area contributed by atoms with Gasteiger partial charge in [0.25, 0.3) is 5.91 Å². The molecule has 1 atom stereocenters. The van der Waals surface area contributed by atoms with Crippen LogP contribution in [0.1, 0.15) is 36.8 Å². The average molecular weight is 671 g/mol. The highest BCUT2D eigenvalue weighted by atomic mass is 32.1. The highest BCUT2D eigenvalue weighted by Crippen LogP contribution is 2.48. The lowest BCUT2D eigenvalue weighted by Gasteiger charge is -2.38. The SMILES string of the molecule is CN(C[C@@H]1CN(c2c(NC(=O)c3csc(-c4ccnnc4)n3)ccc(Oc3ccccc3)c2C(F)(F)F)CCO1)C(=O)OC(C)(C)C. The molecule has 0 radical (unpaired) electrons. The first-order valence-corrected chi connectivity index (χ1v) is 15.5. The van der Waals surface area contributed by atoms with Gasteiger partial charge in [0.15, 0.2) is 0 Å². The predicted molar refractivity (Wildman–Crippen MR) is 170 cm³/mol. The van der Waals surface area contributed by atoms with Crippen molar-refractivity contribution in [1.82, 2.24) is 20.1 Å². The second-order valence-corrected chi connectivity index (χ2v) is 12.5. The molecule has 0 aliphatic carbocycles. The summed E-state index contributed by atoms with van der Waals surface area (Å²) in [7, 11) is 1.53. The number of rotatable bonds is 8. The molecule has 0 bridgehead atoms. The highest BCUT2D eigenvalue weighted by molar-refractivity contribution is 7.13. The Morgan fingerprint density at radius 2 is 1.87 bits per heavy atom. The van der Waals surface area contributed by atoms with Crippen molar-refractivity contribution in [2.24, 2.45) is 0 Å². The Hall–Kier alpha value is -4.76. The van der Waals surface area contributed by atoms with E-state index in [1.165, 1.54) is 58.1 Å². The maximum atomic E-state index is 15.0. The van der Waals surface area contributed by atoms with Crippen molar-refractivity contribution in [3.63, 3.8) is 0 Å². The number of anilines is 2. The van der Waals surface area contributed by atoms with Gasteiger partial charge in [-0.2, -0.15) is 23.4 Å². The molecular weight excluding hydrogens is 637 g/mol. The number of aromatic nitrogens is 3. The first-order chi connectivity index (χ1) is 22.3.